The number of carbonyl (C=O) groups is 2. The third-order valence-corrected chi connectivity index (χ3v) is 5.84. The molecular formula is C29H40N2O3. The first-order chi connectivity index (χ1) is 16.6. The van der Waals surface area contributed by atoms with E-state index in [1.165, 1.54) is 57.8 Å². The lowest BCUT2D eigenvalue weighted by Crippen LogP contribution is -2.07. The summed E-state index contributed by atoms with van der Waals surface area (Å²) in [6.07, 6.45) is 14.8. The van der Waals surface area contributed by atoms with Gasteiger partial charge < -0.3 is 4.74 Å². The van der Waals surface area contributed by atoms with Gasteiger partial charge in [-0.1, -0.05) is 78.1 Å². The molecule has 0 aromatic heterocycles. The predicted octanol–water partition coefficient (Wildman–Crippen LogP) is 9.30. The summed E-state index contributed by atoms with van der Waals surface area (Å²) in [6.45, 7) is 4.09. The van der Waals surface area contributed by atoms with E-state index in [2.05, 4.69) is 17.2 Å². The molecule has 0 aliphatic heterocycles. The Balaban J connectivity index is 1.60. The summed E-state index contributed by atoms with van der Waals surface area (Å²) in [5, 5.41) is 8.39. The second-order valence-electron chi connectivity index (χ2n) is 8.78. The van der Waals surface area contributed by atoms with Gasteiger partial charge in [0.25, 0.3) is 0 Å². The summed E-state index contributed by atoms with van der Waals surface area (Å²) in [5.41, 5.74) is 2.02. The number of Topliss-reactive ketones (excluding diaryl/α,β-unsaturated/α-hetero) is 1. The number of azo groups is 1. The van der Waals surface area contributed by atoms with Crippen molar-refractivity contribution in [1.29, 1.82) is 0 Å². The molecule has 2 rings (SSSR count). The number of hydrogen-bond donors (Lipinski definition) is 0. The molecule has 2 aromatic carbocycles. The van der Waals surface area contributed by atoms with Crippen LogP contribution in [0.3, 0.4) is 0 Å². The smallest absolute Gasteiger partial charge is 0.311 e. The molecule has 0 radical (unpaired) electrons. The molecule has 0 unspecified atom stereocenters. The van der Waals surface area contributed by atoms with Gasteiger partial charge in [0.2, 0.25) is 0 Å². The Morgan fingerprint density at radius 3 is 1.62 bits per heavy atom. The molecule has 0 atom stereocenters. The van der Waals surface area contributed by atoms with Crippen LogP contribution in [-0.4, -0.2) is 11.8 Å². The molecule has 5 nitrogen and oxygen atoms in total. The molecule has 5 heteroatoms. The molecule has 0 saturated carbocycles. The highest BCUT2D eigenvalue weighted by Crippen LogP contribution is 2.22. The second kappa shape index (κ2) is 16.7. The van der Waals surface area contributed by atoms with Crippen molar-refractivity contribution in [2.24, 2.45) is 10.2 Å². The zero-order chi connectivity index (χ0) is 24.4. The lowest BCUT2D eigenvalue weighted by molar-refractivity contribution is -0.134. The fourth-order valence-corrected chi connectivity index (χ4v) is 3.73. The third kappa shape index (κ3) is 11.4. The topological polar surface area (TPSA) is 68.1 Å². The van der Waals surface area contributed by atoms with Crippen LogP contribution in [0, 0.1) is 0 Å². The van der Waals surface area contributed by atoms with Gasteiger partial charge in [0.05, 0.1) is 11.4 Å². The maximum atomic E-state index is 12.1. The minimum absolute atomic E-state index is 0.108. The van der Waals surface area contributed by atoms with Crippen LogP contribution in [0.5, 0.6) is 5.75 Å². The highest BCUT2D eigenvalue weighted by molar-refractivity contribution is 5.96. The lowest BCUT2D eigenvalue weighted by Gasteiger charge is -2.05. The van der Waals surface area contributed by atoms with Gasteiger partial charge in [-0.3, -0.25) is 9.59 Å². The summed E-state index contributed by atoms with van der Waals surface area (Å²) in [6, 6.07) is 14.1. The van der Waals surface area contributed by atoms with Crippen LogP contribution in [0.2, 0.25) is 0 Å². The zero-order valence-electron chi connectivity index (χ0n) is 20.9. The van der Waals surface area contributed by atoms with E-state index >= 15 is 0 Å². The van der Waals surface area contributed by atoms with Gasteiger partial charge in [-0.05, 0) is 55.0 Å². The van der Waals surface area contributed by atoms with Crippen molar-refractivity contribution in [3.63, 3.8) is 0 Å². The van der Waals surface area contributed by atoms with Crippen molar-refractivity contribution in [2.45, 2.75) is 97.3 Å². The first-order valence-electron chi connectivity index (χ1n) is 13.0. The number of ketones is 1. The summed E-state index contributed by atoms with van der Waals surface area (Å²) in [7, 11) is 0. The minimum atomic E-state index is -0.188. The number of ether oxygens (including phenoxy) is 1. The molecule has 0 N–H and O–H groups in total. The number of benzene rings is 2. The number of unbranched alkanes of at least 4 members (excludes halogenated alkanes) is 10. The molecule has 0 aliphatic carbocycles. The SMILES string of the molecule is CCCCCCCCCCCCCC(=O)Oc1ccc(N=Nc2ccc(C(=O)CC)cc2)cc1. The summed E-state index contributed by atoms with van der Waals surface area (Å²) in [5.74, 6) is 0.443. The molecule has 34 heavy (non-hydrogen) atoms. The van der Waals surface area contributed by atoms with E-state index in [0.717, 1.165) is 12.8 Å². The van der Waals surface area contributed by atoms with Crippen molar-refractivity contribution in [2.75, 3.05) is 0 Å². The predicted molar refractivity (Wildman–Crippen MR) is 138 cm³/mol. The Kier molecular flexibility index (Phi) is 13.5. The Morgan fingerprint density at radius 2 is 1.12 bits per heavy atom. The standard InChI is InChI=1S/C29H40N2O3/c1-3-5-6-7-8-9-10-11-12-13-14-15-29(33)34-27-22-20-26(21-23-27)31-30-25-18-16-24(17-19-25)28(32)4-2/h16-23H,3-15H2,1-2H3. The van der Waals surface area contributed by atoms with Crippen LogP contribution in [0.15, 0.2) is 58.8 Å². The Morgan fingerprint density at radius 1 is 0.647 bits per heavy atom. The number of esters is 1. The average Bonchev–Trinajstić information content (AvgIpc) is 2.86. The largest absolute Gasteiger partial charge is 0.427 e. The molecule has 0 fully saturated rings. The van der Waals surface area contributed by atoms with Gasteiger partial charge in [0.1, 0.15) is 5.75 Å². The minimum Gasteiger partial charge on any atom is -0.427 e. The van der Waals surface area contributed by atoms with Gasteiger partial charge in [-0.25, -0.2) is 0 Å². The molecule has 2 aromatic rings. The molecule has 0 amide bonds. The van der Waals surface area contributed by atoms with E-state index in [4.69, 9.17) is 4.74 Å². The first kappa shape index (κ1) is 27.4. The highest BCUT2D eigenvalue weighted by Gasteiger charge is 2.05. The van der Waals surface area contributed by atoms with Crippen molar-refractivity contribution in [3.05, 3.63) is 54.1 Å². The van der Waals surface area contributed by atoms with Crippen LogP contribution in [0.25, 0.3) is 0 Å². The highest BCUT2D eigenvalue weighted by atomic mass is 16.5. The fourth-order valence-electron chi connectivity index (χ4n) is 3.73. The van der Waals surface area contributed by atoms with Crippen molar-refractivity contribution >= 4 is 23.1 Å². The first-order valence-corrected chi connectivity index (χ1v) is 13.0. The third-order valence-electron chi connectivity index (χ3n) is 5.84. The summed E-state index contributed by atoms with van der Waals surface area (Å²) >= 11 is 0. The van der Waals surface area contributed by atoms with Crippen LogP contribution >= 0.6 is 0 Å². The number of nitrogens with zero attached hydrogens (tertiary/aromatic N) is 2. The van der Waals surface area contributed by atoms with E-state index in [-0.39, 0.29) is 11.8 Å². The summed E-state index contributed by atoms with van der Waals surface area (Å²) in [4.78, 5) is 23.8. The van der Waals surface area contributed by atoms with Crippen molar-refractivity contribution < 1.29 is 14.3 Å². The van der Waals surface area contributed by atoms with E-state index < -0.39 is 0 Å². The van der Waals surface area contributed by atoms with E-state index in [1.807, 2.05) is 6.92 Å². The number of hydrogen-bond acceptors (Lipinski definition) is 5. The fraction of sp³-hybridized carbons (Fsp3) is 0.517. The molecular weight excluding hydrogens is 424 g/mol. The molecule has 0 heterocycles. The Hall–Kier alpha value is -2.82. The van der Waals surface area contributed by atoms with Crippen LogP contribution in [-0.2, 0) is 4.79 Å². The lowest BCUT2D eigenvalue weighted by atomic mass is 10.1. The van der Waals surface area contributed by atoms with Crippen LogP contribution in [0.4, 0.5) is 11.4 Å². The van der Waals surface area contributed by atoms with Gasteiger partial charge in [-0.2, -0.15) is 10.2 Å². The molecule has 0 aliphatic rings. The van der Waals surface area contributed by atoms with E-state index in [9.17, 15) is 9.59 Å². The second-order valence-corrected chi connectivity index (χ2v) is 8.78. The molecule has 0 bridgehead atoms. The maximum absolute atomic E-state index is 12.1. The van der Waals surface area contributed by atoms with Crippen molar-refractivity contribution in [1.82, 2.24) is 0 Å². The zero-order valence-corrected chi connectivity index (χ0v) is 20.9. The summed E-state index contributed by atoms with van der Waals surface area (Å²) < 4.78 is 5.43. The molecule has 184 valence electrons. The van der Waals surface area contributed by atoms with Crippen LogP contribution < -0.4 is 4.74 Å². The van der Waals surface area contributed by atoms with E-state index in [0.29, 0.717) is 35.5 Å². The van der Waals surface area contributed by atoms with Gasteiger partial charge >= 0.3 is 5.97 Å². The molecule has 0 saturated heterocycles. The average molecular weight is 465 g/mol. The van der Waals surface area contributed by atoms with Gasteiger partial charge in [-0.15, -0.1) is 0 Å². The van der Waals surface area contributed by atoms with Gasteiger partial charge in [0, 0.05) is 18.4 Å². The Bertz CT molecular complexity index is 873. The normalized spacial score (nSPS) is 11.1. The quantitative estimate of drug-likeness (QED) is 0.0770. The molecule has 0 spiro atoms. The van der Waals surface area contributed by atoms with Crippen LogP contribution in [0.1, 0.15) is 108 Å². The Labute approximate surface area is 205 Å². The number of rotatable bonds is 17. The maximum Gasteiger partial charge on any atom is 0.311 e. The van der Waals surface area contributed by atoms with Gasteiger partial charge in [0.15, 0.2) is 5.78 Å². The van der Waals surface area contributed by atoms with E-state index in [1.54, 1.807) is 48.5 Å². The monoisotopic (exact) mass is 464 g/mol. The number of carbonyl (C=O) groups excluding carboxylic acids is 2. The van der Waals surface area contributed by atoms with Crippen molar-refractivity contribution in [3.8, 4) is 5.75 Å².